The molecule has 0 bridgehead atoms. The second kappa shape index (κ2) is 3.93. The molecule has 44 valence electrons. The summed E-state index contributed by atoms with van der Waals surface area (Å²) in [4.78, 5) is 10.3. The zero-order valence-electron chi connectivity index (χ0n) is 5.22. The third-order valence-corrected chi connectivity index (χ3v) is 1.01. The van der Waals surface area contributed by atoms with Gasteiger partial charge in [0.25, 0.3) is 0 Å². The van der Waals surface area contributed by atoms with E-state index in [1.807, 2.05) is 0 Å². The number of rotatable bonds is 0. The quantitative estimate of drug-likeness (QED) is 0.148. The molecule has 0 amide bonds. The van der Waals surface area contributed by atoms with E-state index in [0.29, 0.717) is 19.3 Å². The fourth-order valence-electron chi connectivity index (χ4n) is 0.555. The Morgan fingerprint density at radius 2 is 2.33 bits per heavy atom. The van der Waals surface area contributed by atoms with E-state index in [1.165, 1.54) is 0 Å². The van der Waals surface area contributed by atoms with Gasteiger partial charge < -0.3 is 9.84 Å². The molecule has 1 rings (SSSR count). The van der Waals surface area contributed by atoms with Gasteiger partial charge in [-0.3, -0.25) is 0 Å². The van der Waals surface area contributed by atoms with Crippen LogP contribution in [-0.2, 0) is 9.53 Å². The predicted molar refractivity (Wildman–Crippen MR) is 23.7 cm³/mol. The van der Waals surface area contributed by atoms with Crippen LogP contribution in [0.25, 0.3) is 0 Å². The Labute approximate surface area is 75.0 Å². The van der Waals surface area contributed by atoms with Crippen molar-refractivity contribution in [1.29, 1.82) is 0 Å². The van der Waals surface area contributed by atoms with E-state index in [9.17, 15) is 9.90 Å². The maximum Gasteiger partial charge on any atom is 1.00 e. The molecule has 0 radical (unpaired) electrons. The molecular weight excluding hydrogens is 131 g/mol. The molecule has 3 nitrogen and oxygen atoms in total. The third-order valence-electron chi connectivity index (χ3n) is 1.01. The van der Waals surface area contributed by atoms with Crippen molar-refractivity contribution in [2.45, 2.75) is 6.42 Å². The van der Waals surface area contributed by atoms with Crippen LogP contribution in [0.2, 0.25) is 0 Å². The number of carbonyl (C=O) groups excluding carboxylic acids is 1. The van der Waals surface area contributed by atoms with Crippen LogP contribution in [0.15, 0.2) is 11.8 Å². The summed E-state index contributed by atoms with van der Waals surface area (Å²) in [5.74, 6) is -0.458. The Morgan fingerprint density at radius 1 is 1.67 bits per heavy atom. The standard InChI is InChI=1S/C5H6O3.Na/c6-3-4-1-2-8-5(4)7;/h3,6H,1-2H2;/q;+1/p-1/b4-3-;. The summed E-state index contributed by atoms with van der Waals surface area (Å²) >= 11 is 0. The molecule has 0 atom stereocenters. The van der Waals surface area contributed by atoms with Crippen molar-refractivity contribution < 1.29 is 44.2 Å². The van der Waals surface area contributed by atoms with E-state index < -0.39 is 5.97 Å². The molecule has 0 aromatic rings. The van der Waals surface area contributed by atoms with Gasteiger partial charge in [0, 0.05) is 12.0 Å². The van der Waals surface area contributed by atoms with Crippen LogP contribution < -0.4 is 34.7 Å². The first-order valence-corrected chi connectivity index (χ1v) is 2.32. The summed E-state index contributed by atoms with van der Waals surface area (Å²) in [5, 5.41) is 9.88. The molecule has 0 unspecified atom stereocenters. The van der Waals surface area contributed by atoms with E-state index in [0.717, 1.165) is 0 Å². The van der Waals surface area contributed by atoms with Crippen LogP contribution in [0.5, 0.6) is 0 Å². The van der Waals surface area contributed by atoms with Crippen molar-refractivity contribution in [2.75, 3.05) is 6.61 Å². The summed E-state index contributed by atoms with van der Waals surface area (Å²) in [6, 6.07) is 0. The van der Waals surface area contributed by atoms with Crippen molar-refractivity contribution in [3.8, 4) is 0 Å². The molecule has 0 N–H and O–H groups in total. The summed E-state index contributed by atoms with van der Waals surface area (Å²) in [6.45, 7) is 0.368. The molecule has 1 heterocycles. The number of esters is 1. The largest absolute Gasteiger partial charge is 1.00 e. The van der Waals surface area contributed by atoms with E-state index in [4.69, 9.17) is 0 Å². The SMILES string of the molecule is O=C1OCC/C1=C/[O-].[Na+]. The van der Waals surface area contributed by atoms with Gasteiger partial charge >= 0.3 is 35.5 Å². The van der Waals surface area contributed by atoms with Gasteiger partial charge in [-0.05, 0) is 0 Å². The van der Waals surface area contributed by atoms with Crippen molar-refractivity contribution >= 4 is 5.97 Å². The molecule has 0 spiro atoms. The Bertz CT molecular complexity index is 141. The normalized spacial score (nSPS) is 21.3. The molecule has 9 heavy (non-hydrogen) atoms. The van der Waals surface area contributed by atoms with Gasteiger partial charge in [0.15, 0.2) is 0 Å². The summed E-state index contributed by atoms with van der Waals surface area (Å²) < 4.78 is 4.45. The van der Waals surface area contributed by atoms with Crippen molar-refractivity contribution in [3.05, 3.63) is 11.8 Å². The van der Waals surface area contributed by atoms with E-state index in [1.54, 1.807) is 0 Å². The van der Waals surface area contributed by atoms with Gasteiger partial charge in [0.2, 0.25) is 0 Å². The maximum absolute atomic E-state index is 10.3. The fourth-order valence-corrected chi connectivity index (χ4v) is 0.555. The minimum atomic E-state index is -0.458. The zero-order valence-corrected chi connectivity index (χ0v) is 7.22. The minimum Gasteiger partial charge on any atom is -0.878 e. The Kier molecular flexibility index (Phi) is 3.93. The van der Waals surface area contributed by atoms with Gasteiger partial charge in [0.05, 0.1) is 6.61 Å². The average molecular weight is 136 g/mol. The third kappa shape index (κ3) is 2.01. The molecule has 0 aromatic heterocycles. The molecule has 1 saturated heterocycles. The van der Waals surface area contributed by atoms with Gasteiger partial charge in [0.1, 0.15) is 0 Å². The second-order valence-electron chi connectivity index (χ2n) is 1.53. The molecule has 0 aromatic carbocycles. The van der Waals surface area contributed by atoms with Gasteiger partial charge in [-0.2, -0.15) is 0 Å². The van der Waals surface area contributed by atoms with E-state index in [2.05, 4.69) is 4.74 Å². The Balaban J connectivity index is 0.000000640. The fraction of sp³-hybridized carbons (Fsp3) is 0.400. The van der Waals surface area contributed by atoms with Gasteiger partial charge in [-0.25, -0.2) is 4.79 Å². The smallest absolute Gasteiger partial charge is 0.878 e. The number of ether oxygens (including phenoxy) is 1. The minimum absolute atomic E-state index is 0. The number of hydrogen-bond acceptors (Lipinski definition) is 3. The summed E-state index contributed by atoms with van der Waals surface area (Å²) in [5.41, 5.74) is 0.255. The first kappa shape index (κ1) is 9.01. The topological polar surface area (TPSA) is 49.4 Å². The van der Waals surface area contributed by atoms with E-state index >= 15 is 0 Å². The van der Waals surface area contributed by atoms with Crippen LogP contribution in [0.3, 0.4) is 0 Å². The van der Waals surface area contributed by atoms with Crippen LogP contribution in [0, 0.1) is 0 Å². The Morgan fingerprint density at radius 3 is 2.56 bits per heavy atom. The van der Waals surface area contributed by atoms with E-state index in [-0.39, 0.29) is 35.1 Å². The van der Waals surface area contributed by atoms with Gasteiger partial charge in [-0.15, -0.1) is 6.26 Å². The first-order valence-electron chi connectivity index (χ1n) is 2.32. The predicted octanol–water partition coefficient (Wildman–Crippen LogP) is -3.82. The van der Waals surface area contributed by atoms with Crippen LogP contribution >= 0.6 is 0 Å². The van der Waals surface area contributed by atoms with Crippen molar-refractivity contribution in [3.63, 3.8) is 0 Å². The van der Waals surface area contributed by atoms with Crippen molar-refractivity contribution in [1.82, 2.24) is 0 Å². The number of carbonyl (C=O) groups is 1. The molecular formula is C5H5NaO3. The second-order valence-corrected chi connectivity index (χ2v) is 1.53. The van der Waals surface area contributed by atoms with Crippen LogP contribution in [0.1, 0.15) is 6.42 Å². The zero-order chi connectivity index (χ0) is 5.98. The van der Waals surface area contributed by atoms with Crippen molar-refractivity contribution in [2.24, 2.45) is 0 Å². The Hall–Kier alpha value is 0.0100. The monoisotopic (exact) mass is 136 g/mol. The average Bonchev–Trinajstić information content (AvgIpc) is 2.14. The summed E-state index contributed by atoms with van der Waals surface area (Å²) in [6.07, 6.45) is 1.03. The number of cyclic esters (lactones) is 1. The summed E-state index contributed by atoms with van der Waals surface area (Å²) in [7, 11) is 0. The molecule has 1 aliphatic rings. The molecule has 4 heteroatoms. The number of hydrogen-bond donors (Lipinski definition) is 0. The molecule has 0 aliphatic carbocycles. The first-order chi connectivity index (χ1) is 3.84. The van der Waals surface area contributed by atoms with Crippen LogP contribution in [-0.4, -0.2) is 12.6 Å². The molecule has 1 fully saturated rings. The maximum atomic E-state index is 10.3. The van der Waals surface area contributed by atoms with Gasteiger partial charge in [-0.1, -0.05) is 0 Å². The van der Waals surface area contributed by atoms with Crippen LogP contribution in [0.4, 0.5) is 0 Å². The molecule has 1 aliphatic heterocycles. The molecule has 0 saturated carbocycles.